The topological polar surface area (TPSA) is 75.5 Å². The molecule has 0 unspecified atom stereocenters. The Bertz CT molecular complexity index is 1170. The van der Waals surface area contributed by atoms with E-state index in [4.69, 9.17) is 8.94 Å². The highest BCUT2D eigenvalue weighted by atomic mass is 19.4. The van der Waals surface area contributed by atoms with Crippen molar-refractivity contribution in [3.63, 3.8) is 0 Å². The Labute approximate surface area is 174 Å². The van der Waals surface area contributed by atoms with Crippen LogP contribution in [0, 0.1) is 0 Å². The van der Waals surface area contributed by atoms with Crippen molar-refractivity contribution in [1.29, 1.82) is 0 Å². The predicted octanol–water partition coefficient (Wildman–Crippen LogP) is 4.81. The summed E-state index contributed by atoms with van der Waals surface area (Å²) in [4.78, 5) is 6.37. The van der Waals surface area contributed by atoms with E-state index in [1.807, 2.05) is 35.2 Å². The fourth-order valence-electron chi connectivity index (χ4n) is 3.92. The molecular weight excluding hydrogens is 411 g/mol. The van der Waals surface area contributed by atoms with Gasteiger partial charge in [0.25, 0.3) is 0 Å². The van der Waals surface area contributed by atoms with Crippen LogP contribution >= 0.6 is 0 Å². The van der Waals surface area contributed by atoms with Crippen LogP contribution in [0.4, 0.5) is 13.2 Å². The van der Waals surface area contributed by atoms with Crippen molar-refractivity contribution in [3.05, 3.63) is 71.8 Å². The molecule has 2 atom stereocenters. The number of β-amino-alcohol motifs (C(OH)–C–C–N with tert-alkyl or cyclic N) is 1. The highest BCUT2D eigenvalue weighted by Crippen LogP contribution is 2.35. The van der Waals surface area contributed by atoms with E-state index >= 15 is 0 Å². The number of aromatic nitrogens is 2. The molecule has 0 amide bonds. The summed E-state index contributed by atoms with van der Waals surface area (Å²) in [6, 6.07) is 13.9. The summed E-state index contributed by atoms with van der Waals surface area (Å²) in [5.41, 5.74) is 0.470. The van der Waals surface area contributed by atoms with E-state index in [0.29, 0.717) is 31.0 Å². The van der Waals surface area contributed by atoms with Gasteiger partial charge in [0.2, 0.25) is 11.7 Å². The largest absolute Gasteiger partial charge is 0.460 e. The Balaban J connectivity index is 1.37. The van der Waals surface area contributed by atoms with Crippen molar-refractivity contribution >= 4 is 11.0 Å². The zero-order chi connectivity index (χ0) is 21.6. The molecule has 5 rings (SSSR count). The molecule has 2 aromatic carbocycles. The number of hydrogen-bond donors (Lipinski definition) is 1. The van der Waals surface area contributed by atoms with E-state index in [0.717, 1.165) is 28.9 Å². The minimum absolute atomic E-state index is 0.203. The molecule has 2 aromatic heterocycles. The van der Waals surface area contributed by atoms with Gasteiger partial charge in [-0.25, -0.2) is 0 Å². The zero-order valence-corrected chi connectivity index (χ0v) is 16.2. The van der Waals surface area contributed by atoms with Crippen molar-refractivity contribution < 1.29 is 27.2 Å². The first kappa shape index (κ1) is 19.8. The summed E-state index contributed by atoms with van der Waals surface area (Å²) in [6.07, 6.45) is -4.55. The lowest BCUT2D eigenvalue weighted by molar-refractivity contribution is -0.137. The molecule has 0 aliphatic carbocycles. The minimum Gasteiger partial charge on any atom is -0.460 e. The first-order valence-electron chi connectivity index (χ1n) is 9.77. The number of aliphatic hydroxyl groups is 1. The first-order valence-corrected chi connectivity index (χ1v) is 9.77. The number of furan rings is 1. The monoisotopic (exact) mass is 429 g/mol. The predicted molar refractivity (Wildman–Crippen MR) is 105 cm³/mol. The first-order chi connectivity index (χ1) is 14.9. The van der Waals surface area contributed by atoms with Crippen molar-refractivity contribution in [1.82, 2.24) is 15.0 Å². The molecule has 1 aliphatic rings. The number of alkyl halides is 3. The highest BCUT2D eigenvalue weighted by molar-refractivity contribution is 5.77. The number of aliphatic hydroxyl groups excluding tert-OH is 1. The second kappa shape index (κ2) is 7.51. The third-order valence-electron chi connectivity index (χ3n) is 5.41. The van der Waals surface area contributed by atoms with Crippen LogP contribution in [-0.4, -0.2) is 32.8 Å². The van der Waals surface area contributed by atoms with Gasteiger partial charge in [0, 0.05) is 17.5 Å². The molecule has 160 valence electrons. The van der Waals surface area contributed by atoms with Gasteiger partial charge in [-0.05, 0) is 30.7 Å². The molecule has 31 heavy (non-hydrogen) atoms. The Morgan fingerprint density at radius 3 is 2.61 bits per heavy atom. The third kappa shape index (κ3) is 3.94. The van der Waals surface area contributed by atoms with Gasteiger partial charge in [0.15, 0.2) is 0 Å². The lowest BCUT2D eigenvalue weighted by Gasteiger charge is -2.19. The average Bonchev–Trinajstić information content (AvgIpc) is 3.45. The number of para-hydroxylation sites is 1. The number of rotatable bonds is 4. The number of benzene rings is 2. The maximum atomic E-state index is 12.8. The van der Waals surface area contributed by atoms with Gasteiger partial charge in [-0.3, -0.25) is 4.90 Å². The Hall–Kier alpha value is -3.17. The molecule has 1 saturated heterocycles. The number of halogens is 3. The lowest BCUT2D eigenvalue weighted by Crippen LogP contribution is -2.24. The average molecular weight is 429 g/mol. The van der Waals surface area contributed by atoms with E-state index in [1.165, 1.54) is 12.1 Å². The maximum absolute atomic E-state index is 12.8. The minimum atomic E-state index is -4.40. The van der Waals surface area contributed by atoms with Gasteiger partial charge in [-0.2, -0.15) is 18.2 Å². The van der Waals surface area contributed by atoms with Gasteiger partial charge in [-0.1, -0.05) is 35.5 Å². The fraction of sp³-hybridized carbons (Fsp3) is 0.273. The molecule has 1 fully saturated rings. The summed E-state index contributed by atoms with van der Waals surface area (Å²) in [5, 5.41) is 15.1. The molecule has 6 nitrogen and oxygen atoms in total. The summed E-state index contributed by atoms with van der Waals surface area (Å²) in [7, 11) is 0. The Morgan fingerprint density at radius 1 is 1.10 bits per heavy atom. The lowest BCUT2D eigenvalue weighted by atomic mass is 10.1. The molecule has 1 aliphatic heterocycles. The van der Waals surface area contributed by atoms with Crippen molar-refractivity contribution in [3.8, 4) is 11.4 Å². The highest BCUT2D eigenvalue weighted by Gasteiger charge is 2.36. The molecule has 4 aromatic rings. The Morgan fingerprint density at radius 2 is 1.87 bits per heavy atom. The molecule has 9 heteroatoms. The zero-order valence-electron chi connectivity index (χ0n) is 16.2. The Kier molecular flexibility index (Phi) is 4.79. The summed E-state index contributed by atoms with van der Waals surface area (Å²) < 4.78 is 49.6. The molecule has 0 spiro atoms. The smallest absolute Gasteiger partial charge is 0.416 e. The number of nitrogens with zero attached hydrogens (tertiary/aromatic N) is 3. The fourth-order valence-corrected chi connectivity index (χ4v) is 3.92. The van der Waals surface area contributed by atoms with Gasteiger partial charge in [-0.15, -0.1) is 0 Å². The standard InChI is InChI=1S/C22H18F3N3O3/c23-22(24,25)15-7-5-13(6-8-15)20-26-21(31-27-20)18-10-16(29)11-28(18)12-17-9-14-3-1-2-4-19(14)30-17/h1-9,16,18,29H,10-12H2/t16-,18+/m1/s1. The quantitative estimate of drug-likeness (QED) is 0.502. The summed E-state index contributed by atoms with van der Waals surface area (Å²) in [6.45, 7) is 0.869. The van der Waals surface area contributed by atoms with Crippen LogP contribution in [0.5, 0.6) is 0 Å². The van der Waals surface area contributed by atoms with Gasteiger partial charge >= 0.3 is 6.18 Å². The van der Waals surface area contributed by atoms with Crippen LogP contribution in [0.2, 0.25) is 0 Å². The normalized spacial score (nSPS) is 20.0. The third-order valence-corrected chi connectivity index (χ3v) is 5.41. The van der Waals surface area contributed by atoms with Gasteiger partial charge < -0.3 is 14.0 Å². The van der Waals surface area contributed by atoms with Crippen molar-refractivity contribution in [2.45, 2.75) is 31.3 Å². The molecular formula is C22H18F3N3O3. The van der Waals surface area contributed by atoms with Crippen LogP contribution in [0.15, 0.2) is 63.5 Å². The molecule has 0 saturated carbocycles. The maximum Gasteiger partial charge on any atom is 0.416 e. The van der Waals surface area contributed by atoms with Crippen LogP contribution < -0.4 is 0 Å². The van der Waals surface area contributed by atoms with Crippen molar-refractivity contribution in [2.75, 3.05) is 6.54 Å². The summed E-state index contributed by atoms with van der Waals surface area (Å²) in [5.74, 6) is 1.26. The van der Waals surface area contributed by atoms with Crippen molar-refractivity contribution in [2.24, 2.45) is 0 Å². The SMILES string of the molecule is O[C@@H]1C[C@@H](c2nc(-c3ccc(C(F)(F)F)cc3)no2)N(Cc2cc3ccccc3o2)C1. The van der Waals surface area contributed by atoms with Gasteiger partial charge in [0.05, 0.1) is 24.3 Å². The van der Waals surface area contributed by atoms with E-state index in [-0.39, 0.29) is 11.9 Å². The molecule has 0 radical (unpaired) electrons. The van der Waals surface area contributed by atoms with Crippen LogP contribution in [-0.2, 0) is 12.7 Å². The number of hydrogen-bond acceptors (Lipinski definition) is 6. The van der Waals surface area contributed by atoms with E-state index < -0.39 is 17.8 Å². The number of likely N-dealkylation sites (tertiary alicyclic amines) is 1. The molecule has 1 N–H and O–H groups in total. The van der Waals surface area contributed by atoms with Crippen LogP contribution in [0.1, 0.15) is 29.7 Å². The van der Waals surface area contributed by atoms with Crippen LogP contribution in [0.3, 0.4) is 0 Å². The van der Waals surface area contributed by atoms with E-state index in [2.05, 4.69) is 10.1 Å². The number of fused-ring (bicyclic) bond motifs is 1. The second-order valence-electron chi connectivity index (χ2n) is 7.62. The summed E-state index contributed by atoms with van der Waals surface area (Å²) >= 11 is 0. The second-order valence-corrected chi connectivity index (χ2v) is 7.62. The van der Waals surface area contributed by atoms with Gasteiger partial charge in [0.1, 0.15) is 11.3 Å². The van der Waals surface area contributed by atoms with E-state index in [1.54, 1.807) is 0 Å². The molecule has 3 heterocycles. The van der Waals surface area contributed by atoms with Crippen LogP contribution in [0.25, 0.3) is 22.4 Å². The molecule has 0 bridgehead atoms. The van der Waals surface area contributed by atoms with E-state index in [9.17, 15) is 18.3 Å².